The van der Waals surface area contributed by atoms with E-state index in [1.807, 2.05) is 10.7 Å². The van der Waals surface area contributed by atoms with E-state index in [1.54, 1.807) is 0 Å². The zero-order chi connectivity index (χ0) is 12.6. The van der Waals surface area contributed by atoms with E-state index in [1.165, 1.54) is 12.0 Å². The van der Waals surface area contributed by atoms with Gasteiger partial charge in [-0.05, 0) is 53.5 Å². The number of hydrogen-bond acceptors (Lipinski definition) is 3. The molecule has 0 unspecified atom stereocenters. The van der Waals surface area contributed by atoms with Crippen LogP contribution in [-0.2, 0) is 5.54 Å². The van der Waals surface area contributed by atoms with E-state index in [2.05, 4.69) is 57.4 Å². The number of aromatic nitrogens is 2. The van der Waals surface area contributed by atoms with Crippen molar-refractivity contribution < 1.29 is 0 Å². The van der Waals surface area contributed by atoms with Gasteiger partial charge in [0, 0.05) is 11.7 Å². The molecule has 5 heteroatoms. The van der Waals surface area contributed by atoms with Gasteiger partial charge < -0.3 is 0 Å². The van der Waals surface area contributed by atoms with Crippen molar-refractivity contribution in [1.82, 2.24) is 14.9 Å². The lowest BCUT2D eigenvalue weighted by molar-refractivity contribution is 0.193. The summed E-state index contributed by atoms with van der Waals surface area (Å²) in [6.45, 7) is 0.397. The summed E-state index contributed by atoms with van der Waals surface area (Å²) in [6, 6.07) is 6.43. The maximum Gasteiger partial charge on any atom is 0.0847 e. The molecule has 0 aromatic carbocycles. The average Bonchev–Trinajstić information content (AvgIpc) is 2.70. The number of hydrogen-bond donors (Lipinski definition) is 1. The summed E-state index contributed by atoms with van der Waals surface area (Å²) in [5.41, 5.74) is 2.35. The summed E-state index contributed by atoms with van der Waals surface area (Å²) in [6.07, 6.45) is 7.36. The molecule has 2 heterocycles. The van der Waals surface area contributed by atoms with Crippen molar-refractivity contribution in [2.45, 2.75) is 24.8 Å². The zero-order valence-electron chi connectivity index (χ0n) is 9.86. The van der Waals surface area contributed by atoms with E-state index >= 15 is 0 Å². The molecule has 0 amide bonds. The summed E-state index contributed by atoms with van der Waals surface area (Å²) >= 11 is 2.29. The molecule has 0 radical (unpaired) electrons. The van der Waals surface area contributed by atoms with Gasteiger partial charge in [0.05, 0.1) is 27.9 Å². The van der Waals surface area contributed by atoms with Crippen molar-refractivity contribution in [3.8, 4) is 6.07 Å². The largest absolute Gasteiger partial charge is 0.295 e. The minimum atomic E-state index is -0.0126. The van der Waals surface area contributed by atoms with Gasteiger partial charge in [0.15, 0.2) is 0 Å². The van der Waals surface area contributed by atoms with Crippen molar-refractivity contribution in [2.24, 2.45) is 0 Å². The van der Waals surface area contributed by atoms with Crippen LogP contribution in [0.5, 0.6) is 0 Å². The Morgan fingerprint density at radius 3 is 3.00 bits per heavy atom. The number of rotatable bonds is 3. The molecule has 1 aliphatic carbocycles. The molecule has 3 rings (SSSR count). The van der Waals surface area contributed by atoms with Crippen LogP contribution < -0.4 is 5.32 Å². The van der Waals surface area contributed by atoms with Gasteiger partial charge in [0.25, 0.3) is 0 Å². The number of nitrogens with zero attached hydrogens (tertiary/aromatic N) is 3. The van der Waals surface area contributed by atoms with Gasteiger partial charge >= 0.3 is 0 Å². The summed E-state index contributed by atoms with van der Waals surface area (Å²) in [4.78, 5) is 0. The monoisotopic (exact) mass is 352 g/mol. The highest BCUT2D eigenvalue weighted by Crippen LogP contribution is 2.41. The Morgan fingerprint density at radius 2 is 2.33 bits per heavy atom. The second-order valence-electron chi connectivity index (χ2n) is 4.69. The first kappa shape index (κ1) is 11.9. The summed E-state index contributed by atoms with van der Waals surface area (Å²) in [5, 5.41) is 16.5. The quantitative estimate of drug-likeness (QED) is 0.682. The molecule has 1 aliphatic rings. The van der Waals surface area contributed by atoms with E-state index in [9.17, 15) is 0 Å². The maximum atomic E-state index is 8.74. The molecule has 1 fully saturated rings. The Balaban J connectivity index is 2.00. The van der Waals surface area contributed by atoms with Gasteiger partial charge in [-0.2, -0.15) is 10.4 Å². The first-order valence-electron chi connectivity index (χ1n) is 6.00. The van der Waals surface area contributed by atoms with Crippen molar-refractivity contribution in [3.63, 3.8) is 0 Å². The Bertz CT molecular complexity index is 621. The van der Waals surface area contributed by atoms with Gasteiger partial charge in [0.2, 0.25) is 0 Å². The molecule has 1 saturated carbocycles. The van der Waals surface area contributed by atoms with Crippen molar-refractivity contribution in [2.75, 3.05) is 6.54 Å². The van der Waals surface area contributed by atoms with Crippen molar-refractivity contribution >= 4 is 28.1 Å². The molecule has 0 spiro atoms. The third kappa shape index (κ3) is 1.80. The lowest BCUT2D eigenvalue weighted by Crippen LogP contribution is -2.48. The highest BCUT2D eigenvalue weighted by atomic mass is 127. The van der Waals surface area contributed by atoms with Crippen LogP contribution in [-0.4, -0.2) is 16.2 Å². The van der Waals surface area contributed by atoms with E-state index in [4.69, 9.17) is 5.26 Å². The maximum absolute atomic E-state index is 8.74. The Kier molecular flexibility index (Phi) is 2.99. The minimum absolute atomic E-state index is 0.0126. The third-order valence-electron chi connectivity index (χ3n) is 3.73. The van der Waals surface area contributed by atoms with Crippen LogP contribution in [0.2, 0.25) is 0 Å². The summed E-state index contributed by atoms with van der Waals surface area (Å²) in [7, 11) is 0. The predicted octanol–water partition coefficient (Wildman–Crippen LogP) is 2.43. The van der Waals surface area contributed by atoms with Crippen LogP contribution in [0.4, 0.5) is 0 Å². The molecule has 0 atom stereocenters. The Morgan fingerprint density at radius 1 is 1.50 bits per heavy atom. The van der Waals surface area contributed by atoms with Crippen LogP contribution in [0.3, 0.4) is 0 Å². The smallest absolute Gasteiger partial charge is 0.0847 e. The minimum Gasteiger partial charge on any atom is -0.295 e. The fourth-order valence-electron chi connectivity index (χ4n) is 2.54. The van der Waals surface area contributed by atoms with Crippen LogP contribution in [0, 0.1) is 14.9 Å². The van der Waals surface area contributed by atoms with Gasteiger partial charge in [-0.25, -0.2) is 4.52 Å². The number of fused-ring (bicyclic) bond motifs is 1. The first-order chi connectivity index (χ1) is 8.75. The fraction of sp³-hybridized carbons (Fsp3) is 0.385. The Labute approximate surface area is 119 Å². The van der Waals surface area contributed by atoms with Crippen molar-refractivity contribution in [3.05, 3.63) is 33.7 Å². The van der Waals surface area contributed by atoms with Gasteiger partial charge in [-0.15, -0.1) is 0 Å². The van der Waals surface area contributed by atoms with Crippen LogP contribution in [0.1, 0.15) is 24.8 Å². The van der Waals surface area contributed by atoms with Gasteiger partial charge in [-0.1, -0.05) is 6.07 Å². The SMILES string of the molecule is N#CCNC1(c2ccc3c(I)cnn3c2)CCC1. The lowest BCUT2D eigenvalue weighted by Gasteiger charge is -2.42. The lowest BCUT2D eigenvalue weighted by atomic mass is 9.72. The molecule has 92 valence electrons. The molecule has 0 bridgehead atoms. The first-order valence-corrected chi connectivity index (χ1v) is 7.08. The average molecular weight is 352 g/mol. The van der Waals surface area contributed by atoms with E-state index in [0.717, 1.165) is 21.9 Å². The molecule has 4 nitrogen and oxygen atoms in total. The van der Waals surface area contributed by atoms with Crippen molar-refractivity contribution in [1.29, 1.82) is 5.26 Å². The van der Waals surface area contributed by atoms with Gasteiger partial charge in [-0.3, -0.25) is 5.32 Å². The molecular weight excluding hydrogens is 339 g/mol. The number of halogens is 1. The second kappa shape index (κ2) is 4.52. The number of nitrogens with one attached hydrogen (secondary N) is 1. The molecule has 2 aromatic heterocycles. The molecule has 0 aliphatic heterocycles. The zero-order valence-corrected chi connectivity index (χ0v) is 12.0. The standard InChI is InChI=1S/C13H13IN4/c14-11-8-17-18-9-10(2-3-12(11)18)13(4-1-5-13)16-7-6-15/h2-3,8-9,16H,1,4-5,7H2. The van der Waals surface area contributed by atoms with Crippen LogP contribution in [0.15, 0.2) is 24.5 Å². The summed E-state index contributed by atoms with van der Waals surface area (Å²) < 4.78 is 3.08. The second-order valence-corrected chi connectivity index (χ2v) is 5.85. The predicted molar refractivity (Wildman–Crippen MR) is 77.1 cm³/mol. The van der Waals surface area contributed by atoms with E-state index in [0.29, 0.717) is 6.54 Å². The normalized spacial score (nSPS) is 17.3. The topological polar surface area (TPSA) is 53.1 Å². The highest BCUT2D eigenvalue weighted by Gasteiger charge is 2.38. The molecule has 2 aromatic rings. The molecular formula is C13H13IN4. The van der Waals surface area contributed by atoms with Gasteiger partial charge in [0.1, 0.15) is 0 Å². The van der Waals surface area contributed by atoms with Crippen LogP contribution >= 0.6 is 22.6 Å². The molecule has 18 heavy (non-hydrogen) atoms. The summed E-state index contributed by atoms with van der Waals surface area (Å²) in [5.74, 6) is 0. The van der Waals surface area contributed by atoms with E-state index < -0.39 is 0 Å². The number of pyridine rings is 1. The molecule has 1 N–H and O–H groups in total. The van der Waals surface area contributed by atoms with E-state index in [-0.39, 0.29) is 5.54 Å². The fourth-order valence-corrected chi connectivity index (χ4v) is 3.09. The Hall–Kier alpha value is -1.13. The number of nitriles is 1. The highest BCUT2D eigenvalue weighted by molar-refractivity contribution is 14.1. The third-order valence-corrected chi connectivity index (χ3v) is 4.57. The molecule has 0 saturated heterocycles. The van der Waals surface area contributed by atoms with Crippen LogP contribution in [0.25, 0.3) is 5.52 Å².